The molecule has 0 radical (unpaired) electrons. The second kappa shape index (κ2) is 4.05. The van der Waals surface area contributed by atoms with Crippen LogP contribution in [-0.2, 0) is 0 Å². The summed E-state index contributed by atoms with van der Waals surface area (Å²) in [4.78, 5) is 0. The van der Waals surface area contributed by atoms with E-state index in [0.29, 0.717) is 0 Å². The maximum absolute atomic E-state index is 5.28. The van der Waals surface area contributed by atoms with Crippen molar-refractivity contribution in [3.8, 4) is 0 Å². The predicted molar refractivity (Wildman–Crippen MR) is 55.9 cm³/mol. The Morgan fingerprint density at radius 2 is 2.07 bits per heavy atom. The van der Waals surface area contributed by atoms with Gasteiger partial charge in [0.05, 0.1) is 0 Å². The maximum Gasteiger partial charge on any atom is 0.155 e. The van der Waals surface area contributed by atoms with Crippen LogP contribution in [0.2, 0.25) is 0 Å². The number of H-pyrrole nitrogens is 1. The SMILES string of the molecule is CC(c1ccc(NN)cc1)c1nnn[nH]1. The predicted octanol–water partition coefficient (Wildman–Crippen LogP) is 0.637. The van der Waals surface area contributed by atoms with Crippen molar-refractivity contribution in [3.05, 3.63) is 35.7 Å². The highest BCUT2D eigenvalue weighted by Gasteiger charge is 2.11. The molecule has 6 heteroatoms. The molecule has 0 aliphatic heterocycles. The smallest absolute Gasteiger partial charge is 0.155 e. The number of hydrogen-bond donors (Lipinski definition) is 3. The Morgan fingerprint density at radius 3 is 2.60 bits per heavy atom. The Morgan fingerprint density at radius 1 is 1.33 bits per heavy atom. The normalized spacial score (nSPS) is 12.4. The van der Waals surface area contributed by atoms with Gasteiger partial charge in [0.1, 0.15) is 0 Å². The Kier molecular flexibility index (Phi) is 2.59. The summed E-state index contributed by atoms with van der Waals surface area (Å²) in [6.45, 7) is 2.03. The minimum Gasteiger partial charge on any atom is -0.324 e. The highest BCUT2D eigenvalue weighted by Crippen LogP contribution is 2.21. The summed E-state index contributed by atoms with van der Waals surface area (Å²) < 4.78 is 0. The van der Waals surface area contributed by atoms with Gasteiger partial charge in [0.15, 0.2) is 5.82 Å². The third kappa shape index (κ3) is 1.94. The summed E-state index contributed by atoms with van der Waals surface area (Å²) in [5.74, 6) is 6.18. The summed E-state index contributed by atoms with van der Waals surface area (Å²) in [5, 5.41) is 13.7. The van der Waals surface area contributed by atoms with Gasteiger partial charge in [-0.2, -0.15) is 0 Å². The van der Waals surface area contributed by atoms with E-state index in [1.54, 1.807) is 0 Å². The first-order valence-electron chi connectivity index (χ1n) is 4.61. The van der Waals surface area contributed by atoms with Crippen LogP contribution in [0, 0.1) is 0 Å². The van der Waals surface area contributed by atoms with Crippen molar-refractivity contribution >= 4 is 5.69 Å². The van der Waals surface area contributed by atoms with Gasteiger partial charge in [-0.3, -0.25) is 5.84 Å². The molecule has 15 heavy (non-hydrogen) atoms. The third-order valence-electron chi connectivity index (χ3n) is 2.35. The zero-order chi connectivity index (χ0) is 10.7. The molecule has 0 fully saturated rings. The number of nitrogens with one attached hydrogen (secondary N) is 2. The topological polar surface area (TPSA) is 92.5 Å². The molecule has 1 aromatic heterocycles. The zero-order valence-electron chi connectivity index (χ0n) is 8.31. The molecule has 0 saturated heterocycles. The Bertz CT molecular complexity index is 407. The van der Waals surface area contributed by atoms with Crippen LogP contribution in [-0.4, -0.2) is 20.6 Å². The molecule has 78 valence electrons. The van der Waals surface area contributed by atoms with Gasteiger partial charge >= 0.3 is 0 Å². The first kappa shape index (κ1) is 9.60. The molecule has 1 aromatic carbocycles. The molecule has 1 unspecified atom stereocenters. The highest BCUT2D eigenvalue weighted by atomic mass is 15.5. The van der Waals surface area contributed by atoms with Crippen LogP contribution in [0.15, 0.2) is 24.3 Å². The number of anilines is 1. The molecule has 4 N–H and O–H groups in total. The number of nitrogens with zero attached hydrogens (tertiary/aromatic N) is 3. The number of hydrazine groups is 1. The molecule has 2 aromatic rings. The van der Waals surface area contributed by atoms with Crippen LogP contribution in [0.1, 0.15) is 24.2 Å². The van der Waals surface area contributed by atoms with Crippen molar-refractivity contribution in [3.63, 3.8) is 0 Å². The third-order valence-corrected chi connectivity index (χ3v) is 2.35. The molecule has 0 spiro atoms. The van der Waals surface area contributed by atoms with Gasteiger partial charge in [-0.15, -0.1) is 5.10 Å². The number of nitrogens with two attached hydrogens (primary N) is 1. The molecule has 0 aliphatic rings. The van der Waals surface area contributed by atoms with Crippen LogP contribution in [0.5, 0.6) is 0 Å². The van der Waals surface area contributed by atoms with E-state index in [2.05, 4.69) is 26.0 Å². The molecule has 0 amide bonds. The summed E-state index contributed by atoms with van der Waals surface area (Å²) in [6, 6.07) is 7.80. The minimum atomic E-state index is 0.145. The quantitative estimate of drug-likeness (QED) is 0.504. The van der Waals surface area contributed by atoms with Crippen LogP contribution < -0.4 is 11.3 Å². The van der Waals surface area contributed by atoms with E-state index in [0.717, 1.165) is 17.1 Å². The van der Waals surface area contributed by atoms with Gasteiger partial charge in [0, 0.05) is 11.6 Å². The molecule has 0 bridgehead atoms. The lowest BCUT2D eigenvalue weighted by Crippen LogP contribution is -2.06. The van der Waals surface area contributed by atoms with Crippen molar-refractivity contribution in [1.29, 1.82) is 0 Å². The molecule has 6 nitrogen and oxygen atoms in total. The van der Waals surface area contributed by atoms with E-state index in [1.807, 2.05) is 31.2 Å². The number of aromatic amines is 1. The molecule has 0 saturated carbocycles. The van der Waals surface area contributed by atoms with E-state index < -0.39 is 0 Å². The van der Waals surface area contributed by atoms with Crippen LogP contribution in [0.3, 0.4) is 0 Å². The van der Waals surface area contributed by atoms with E-state index in [1.165, 1.54) is 0 Å². The van der Waals surface area contributed by atoms with Crippen LogP contribution in [0.25, 0.3) is 0 Å². The molecule has 1 heterocycles. The summed E-state index contributed by atoms with van der Waals surface area (Å²) in [7, 11) is 0. The number of aromatic nitrogens is 4. The van der Waals surface area contributed by atoms with Crippen molar-refractivity contribution < 1.29 is 0 Å². The number of hydrogen-bond acceptors (Lipinski definition) is 5. The fourth-order valence-electron chi connectivity index (χ4n) is 1.38. The lowest BCUT2D eigenvalue weighted by atomic mass is 10.0. The van der Waals surface area contributed by atoms with E-state index in [4.69, 9.17) is 5.84 Å². The fraction of sp³-hybridized carbons (Fsp3) is 0.222. The summed E-state index contributed by atoms with van der Waals surface area (Å²) >= 11 is 0. The van der Waals surface area contributed by atoms with E-state index >= 15 is 0 Å². The van der Waals surface area contributed by atoms with E-state index in [-0.39, 0.29) is 5.92 Å². The molecular weight excluding hydrogens is 192 g/mol. The maximum atomic E-state index is 5.28. The van der Waals surface area contributed by atoms with Crippen molar-refractivity contribution in [1.82, 2.24) is 20.6 Å². The lowest BCUT2D eigenvalue weighted by molar-refractivity contribution is 0.821. The van der Waals surface area contributed by atoms with Crippen molar-refractivity contribution in [2.75, 3.05) is 5.43 Å². The standard InChI is InChI=1S/C9H12N6/c1-6(9-12-14-15-13-9)7-2-4-8(11-10)5-3-7/h2-6,11H,10H2,1H3,(H,12,13,14,15). The zero-order valence-corrected chi connectivity index (χ0v) is 8.31. The average molecular weight is 204 g/mol. The van der Waals surface area contributed by atoms with Gasteiger partial charge in [-0.05, 0) is 28.1 Å². The largest absolute Gasteiger partial charge is 0.324 e. The van der Waals surface area contributed by atoms with E-state index in [9.17, 15) is 0 Å². The van der Waals surface area contributed by atoms with Gasteiger partial charge < -0.3 is 5.43 Å². The molecule has 0 aliphatic carbocycles. The Balaban J connectivity index is 2.22. The second-order valence-electron chi connectivity index (χ2n) is 3.27. The van der Waals surface area contributed by atoms with Crippen molar-refractivity contribution in [2.45, 2.75) is 12.8 Å². The first-order chi connectivity index (χ1) is 7.31. The molecule has 2 rings (SSSR count). The Labute approximate surface area is 86.9 Å². The van der Waals surface area contributed by atoms with Crippen LogP contribution >= 0.6 is 0 Å². The van der Waals surface area contributed by atoms with Gasteiger partial charge in [-0.25, -0.2) is 5.10 Å². The first-order valence-corrected chi connectivity index (χ1v) is 4.61. The lowest BCUT2D eigenvalue weighted by Gasteiger charge is -2.08. The number of benzene rings is 1. The average Bonchev–Trinajstić information content (AvgIpc) is 2.82. The number of rotatable bonds is 3. The van der Waals surface area contributed by atoms with Gasteiger partial charge in [0.2, 0.25) is 0 Å². The Hall–Kier alpha value is -1.95. The van der Waals surface area contributed by atoms with Gasteiger partial charge in [-0.1, -0.05) is 19.1 Å². The van der Waals surface area contributed by atoms with Gasteiger partial charge in [0.25, 0.3) is 0 Å². The van der Waals surface area contributed by atoms with Crippen molar-refractivity contribution in [2.24, 2.45) is 5.84 Å². The fourth-order valence-corrected chi connectivity index (χ4v) is 1.38. The summed E-state index contributed by atoms with van der Waals surface area (Å²) in [6.07, 6.45) is 0. The number of tetrazole rings is 1. The molecule has 1 atom stereocenters. The second-order valence-corrected chi connectivity index (χ2v) is 3.27. The molecular formula is C9H12N6. The number of nitrogen functional groups attached to an aromatic ring is 1. The monoisotopic (exact) mass is 204 g/mol. The van der Waals surface area contributed by atoms with Crippen LogP contribution in [0.4, 0.5) is 5.69 Å². The minimum absolute atomic E-state index is 0.145. The highest BCUT2D eigenvalue weighted by molar-refractivity contribution is 5.44. The summed E-state index contributed by atoms with van der Waals surface area (Å²) in [5.41, 5.74) is 4.59.